The second kappa shape index (κ2) is 11.5. The number of nitrogens with zero attached hydrogens (tertiary/aromatic N) is 5. The molecule has 5 atom stereocenters. The van der Waals surface area contributed by atoms with E-state index in [9.17, 15) is 14.4 Å². The van der Waals surface area contributed by atoms with Crippen molar-refractivity contribution in [2.45, 2.75) is 65.6 Å². The lowest BCUT2D eigenvalue weighted by atomic mass is 9.45. The minimum Gasteiger partial charge on any atom is -0.497 e. The molecule has 1 aromatic heterocycles. The van der Waals surface area contributed by atoms with Gasteiger partial charge in [-0.15, -0.1) is 0 Å². The maximum atomic E-state index is 14.4. The Labute approximate surface area is 252 Å². The maximum absolute atomic E-state index is 14.4. The van der Waals surface area contributed by atoms with Gasteiger partial charge in [-0.05, 0) is 79.2 Å². The molecule has 9 nitrogen and oxygen atoms in total. The number of rotatable bonds is 6. The van der Waals surface area contributed by atoms with Gasteiger partial charge in [-0.1, -0.05) is 26.8 Å². The third kappa shape index (κ3) is 5.62. The molecule has 3 aliphatic carbocycles. The first-order chi connectivity index (χ1) is 20.5. The van der Waals surface area contributed by atoms with E-state index in [0.717, 1.165) is 12.4 Å². The van der Waals surface area contributed by atoms with E-state index >= 15 is 0 Å². The maximum Gasteiger partial charge on any atom is 0.261 e. The van der Waals surface area contributed by atoms with Crippen LogP contribution in [0.4, 0.5) is 10.1 Å². The van der Waals surface area contributed by atoms with Gasteiger partial charge in [0.2, 0.25) is 0 Å². The van der Waals surface area contributed by atoms with Crippen LogP contribution >= 0.6 is 0 Å². The second-order valence-electron chi connectivity index (χ2n) is 13.3. The molecule has 4 fully saturated rings. The number of hydrogen-bond donors (Lipinski definition) is 2. The number of halogens is 1. The zero-order chi connectivity index (χ0) is 30.5. The quantitative estimate of drug-likeness (QED) is 0.314. The van der Waals surface area contributed by atoms with Crippen molar-refractivity contribution in [1.29, 1.82) is 0 Å². The Morgan fingerprint density at radius 3 is 2.70 bits per heavy atom. The van der Waals surface area contributed by atoms with Crippen LogP contribution < -0.4 is 15.6 Å². The summed E-state index contributed by atoms with van der Waals surface area (Å²) < 4.78 is 21.0. The minimum atomic E-state index is -0.355. The molecule has 1 saturated heterocycles. The van der Waals surface area contributed by atoms with Gasteiger partial charge in [0, 0.05) is 44.3 Å². The Morgan fingerprint density at radius 2 is 2.00 bits per heavy atom. The molecular formula is C33H43FN6O3. The van der Waals surface area contributed by atoms with E-state index in [4.69, 9.17) is 9.73 Å². The number of guanidine groups is 1. The van der Waals surface area contributed by atoms with Crippen LogP contribution in [0, 0.1) is 29.0 Å². The average molecular weight is 591 g/mol. The summed E-state index contributed by atoms with van der Waals surface area (Å²) in [6.45, 7) is 11.4. The van der Waals surface area contributed by atoms with E-state index < -0.39 is 0 Å². The van der Waals surface area contributed by atoms with E-state index in [2.05, 4.69) is 36.0 Å². The number of hydrogen-bond acceptors (Lipinski definition) is 6. The number of benzene rings is 2. The van der Waals surface area contributed by atoms with Crippen LogP contribution in [0.25, 0.3) is 10.9 Å². The lowest BCUT2D eigenvalue weighted by molar-refractivity contribution is -0.143. The number of piperazine rings is 1. The van der Waals surface area contributed by atoms with Crippen molar-refractivity contribution in [1.82, 2.24) is 24.8 Å². The number of nitrogens with one attached hydrogen (secondary N) is 1. The molecule has 1 aliphatic heterocycles. The van der Waals surface area contributed by atoms with Gasteiger partial charge in [-0.2, -0.15) is 5.06 Å². The van der Waals surface area contributed by atoms with Gasteiger partial charge < -0.3 is 20.2 Å². The summed E-state index contributed by atoms with van der Waals surface area (Å²) >= 11 is 0. The van der Waals surface area contributed by atoms with Crippen LogP contribution in [0.3, 0.4) is 0 Å². The van der Waals surface area contributed by atoms with Crippen LogP contribution in [0.15, 0.2) is 52.5 Å². The fourth-order valence-electron chi connectivity index (χ4n) is 7.44. The van der Waals surface area contributed by atoms with Crippen molar-refractivity contribution in [3.63, 3.8) is 0 Å². The Kier molecular flexibility index (Phi) is 7.93. The molecule has 43 heavy (non-hydrogen) atoms. The largest absolute Gasteiger partial charge is 0.497 e. The lowest BCUT2D eigenvalue weighted by Gasteiger charge is -2.62. The number of ether oxygens (including phenoxy) is 1. The third-order valence-electron chi connectivity index (χ3n) is 10.5. The summed E-state index contributed by atoms with van der Waals surface area (Å²) in [5.41, 5.74) is 2.03. The van der Waals surface area contributed by atoms with Crippen molar-refractivity contribution < 1.29 is 14.3 Å². The van der Waals surface area contributed by atoms with Crippen molar-refractivity contribution >= 4 is 22.5 Å². The Morgan fingerprint density at radius 1 is 1.19 bits per heavy atom. The van der Waals surface area contributed by atoms with Gasteiger partial charge in [-0.3, -0.25) is 9.36 Å². The molecule has 2 heterocycles. The monoisotopic (exact) mass is 590 g/mol. The van der Waals surface area contributed by atoms with Crippen LogP contribution in [0.5, 0.6) is 5.75 Å². The fraction of sp³-hybridized carbons (Fsp3) is 0.545. The predicted molar refractivity (Wildman–Crippen MR) is 165 cm³/mol. The summed E-state index contributed by atoms with van der Waals surface area (Å²) in [6.07, 6.45) is 4.32. The van der Waals surface area contributed by atoms with E-state index in [1.54, 1.807) is 18.2 Å². The number of aromatic nitrogens is 2. The summed E-state index contributed by atoms with van der Waals surface area (Å²) in [6, 6.07) is 10.6. The molecular weight excluding hydrogens is 547 g/mol. The third-order valence-corrected chi connectivity index (χ3v) is 10.5. The first-order valence-corrected chi connectivity index (χ1v) is 15.4. The molecule has 10 heteroatoms. The number of aliphatic imine (C=N–C) groups is 1. The Hall–Kier alpha value is -3.50. The number of methoxy groups -OCH3 is 1. The minimum absolute atomic E-state index is 0.0139. The summed E-state index contributed by atoms with van der Waals surface area (Å²) in [4.78, 5) is 25.2. The van der Waals surface area contributed by atoms with Crippen molar-refractivity contribution in [2.24, 2.45) is 28.2 Å². The van der Waals surface area contributed by atoms with Gasteiger partial charge in [0.05, 0.1) is 30.0 Å². The Bertz CT molecular complexity index is 1590. The fourth-order valence-corrected chi connectivity index (χ4v) is 7.44. The van der Waals surface area contributed by atoms with Crippen molar-refractivity contribution in [3.05, 3.63) is 64.5 Å². The SMILES string of the molecule is COc1ccc(CCn2cnc3cc(N=C(NC4C[C@@H]5C[C@@H]([C@H]4C)C5(C)C)N4CCN(O)[C@@H](C)C4)ccc3c2=O)c(F)c1. The zero-order valence-electron chi connectivity index (χ0n) is 25.8. The molecule has 3 aromatic rings. The smallest absolute Gasteiger partial charge is 0.261 e. The molecule has 230 valence electrons. The molecule has 1 unspecified atom stereocenters. The van der Waals surface area contributed by atoms with E-state index in [1.807, 2.05) is 19.1 Å². The Balaban J connectivity index is 1.24. The van der Waals surface area contributed by atoms with Gasteiger partial charge in [0.25, 0.3) is 5.56 Å². The number of hydroxylamine groups is 2. The first kappa shape index (κ1) is 29.6. The molecule has 0 amide bonds. The molecule has 2 aromatic carbocycles. The molecule has 7 rings (SSSR count). The second-order valence-corrected chi connectivity index (χ2v) is 13.3. The highest BCUT2D eigenvalue weighted by atomic mass is 19.1. The van der Waals surface area contributed by atoms with Gasteiger partial charge >= 0.3 is 0 Å². The zero-order valence-corrected chi connectivity index (χ0v) is 25.8. The van der Waals surface area contributed by atoms with Crippen LogP contribution in [-0.4, -0.2) is 69.5 Å². The van der Waals surface area contributed by atoms with Gasteiger partial charge in [0.1, 0.15) is 11.6 Å². The molecule has 4 aliphatic rings. The molecule has 2 N–H and O–H groups in total. The number of aryl methyl sites for hydroxylation is 2. The van der Waals surface area contributed by atoms with Gasteiger partial charge in [0.15, 0.2) is 5.96 Å². The normalized spacial score (nSPS) is 27.2. The van der Waals surface area contributed by atoms with Crippen LogP contribution in [0.1, 0.15) is 46.1 Å². The number of fused-ring (bicyclic) bond motifs is 3. The highest BCUT2D eigenvalue weighted by molar-refractivity contribution is 5.86. The predicted octanol–water partition coefficient (Wildman–Crippen LogP) is 4.83. The topological polar surface area (TPSA) is 95.2 Å². The average Bonchev–Trinajstić information content (AvgIpc) is 2.99. The van der Waals surface area contributed by atoms with Crippen molar-refractivity contribution in [3.8, 4) is 5.75 Å². The molecule has 3 saturated carbocycles. The first-order valence-electron chi connectivity index (χ1n) is 15.4. The molecule has 0 radical (unpaired) electrons. The summed E-state index contributed by atoms with van der Waals surface area (Å²) in [5.74, 6) is 2.86. The lowest BCUT2D eigenvalue weighted by Crippen LogP contribution is -2.63. The highest BCUT2D eigenvalue weighted by Gasteiger charge is 2.56. The van der Waals surface area contributed by atoms with Crippen molar-refractivity contribution in [2.75, 3.05) is 26.7 Å². The highest BCUT2D eigenvalue weighted by Crippen LogP contribution is 2.61. The van der Waals surface area contributed by atoms with Crippen LogP contribution in [0.2, 0.25) is 0 Å². The van der Waals surface area contributed by atoms with E-state index in [0.29, 0.717) is 89.7 Å². The molecule has 0 spiro atoms. The van der Waals surface area contributed by atoms with E-state index in [-0.39, 0.29) is 17.4 Å². The molecule has 2 bridgehead atoms. The van der Waals surface area contributed by atoms with E-state index in [1.165, 1.54) is 35.6 Å². The van der Waals surface area contributed by atoms with Crippen LogP contribution in [-0.2, 0) is 13.0 Å². The van der Waals surface area contributed by atoms with Gasteiger partial charge in [-0.25, -0.2) is 14.4 Å². The summed E-state index contributed by atoms with van der Waals surface area (Å²) in [5, 5.41) is 15.9. The summed E-state index contributed by atoms with van der Waals surface area (Å²) in [7, 11) is 1.50. The standard InChI is InChI=1S/C33H43FN6O3/c1-20-18-38(12-13-40(20)42)32(37-29-15-23-14-27(21(29)2)33(23,3)4)36-24-7-9-26-30(16-24)35-19-39(31(26)41)11-10-22-6-8-25(43-5)17-28(22)34/h6-9,16-17,19-21,23,27,29,42H,10-15,18H2,1-5H3,(H,36,37)/t20-,21+,23-,27-,29?/m0/s1.